The average Bonchev–Trinajstić information content (AvgIpc) is 3.34. The summed E-state index contributed by atoms with van der Waals surface area (Å²) in [5.74, 6) is 1.74. The number of sulfonamides is 1. The first-order chi connectivity index (χ1) is 11.6. The molecule has 0 radical (unpaired) electrons. The fraction of sp³-hybridized carbons (Fsp3) is 0.625. The van der Waals surface area contributed by atoms with E-state index in [9.17, 15) is 8.42 Å². The van der Waals surface area contributed by atoms with E-state index in [-0.39, 0.29) is 11.3 Å². The first kappa shape index (κ1) is 16.2. The van der Waals surface area contributed by atoms with Crippen LogP contribution in [0.2, 0.25) is 0 Å². The molecule has 1 saturated heterocycles. The number of thiophene rings is 1. The summed E-state index contributed by atoms with van der Waals surface area (Å²) >= 11 is 1.63. The molecule has 8 heteroatoms. The van der Waals surface area contributed by atoms with Gasteiger partial charge < -0.3 is 5.32 Å². The van der Waals surface area contributed by atoms with E-state index in [1.54, 1.807) is 15.6 Å². The van der Waals surface area contributed by atoms with Crippen molar-refractivity contribution in [1.29, 1.82) is 0 Å². The van der Waals surface area contributed by atoms with Gasteiger partial charge in [-0.1, -0.05) is 6.92 Å². The molecule has 2 aromatic rings. The number of nitrogens with one attached hydrogen (secondary N) is 1. The number of anilines is 1. The van der Waals surface area contributed by atoms with Gasteiger partial charge in [-0.25, -0.2) is 22.7 Å². The van der Waals surface area contributed by atoms with Crippen LogP contribution in [0.15, 0.2) is 11.4 Å². The van der Waals surface area contributed by atoms with Crippen LogP contribution >= 0.6 is 11.3 Å². The zero-order valence-electron chi connectivity index (χ0n) is 13.7. The van der Waals surface area contributed by atoms with Crippen LogP contribution < -0.4 is 5.32 Å². The SMILES string of the molecule is CCc1nc(NC2CCN(S(=O)(=O)C3CC3)CC2)c2ccsc2n1. The van der Waals surface area contributed by atoms with Crippen molar-refractivity contribution < 1.29 is 8.42 Å². The Morgan fingerprint density at radius 1 is 1.25 bits per heavy atom. The maximum atomic E-state index is 12.3. The van der Waals surface area contributed by atoms with Gasteiger partial charge in [0, 0.05) is 25.6 Å². The van der Waals surface area contributed by atoms with E-state index in [1.807, 2.05) is 5.38 Å². The summed E-state index contributed by atoms with van der Waals surface area (Å²) in [5, 5.41) is 6.52. The summed E-state index contributed by atoms with van der Waals surface area (Å²) in [4.78, 5) is 10.2. The molecule has 0 bridgehead atoms. The van der Waals surface area contributed by atoms with Crippen LogP contribution in [-0.4, -0.2) is 47.1 Å². The van der Waals surface area contributed by atoms with Gasteiger partial charge >= 0.3 is 0 Å². The second kappa shape index (κ2) is 6.24. The summed E-state index contributed by atoms with van der Waals surface area (Å²) in [6.07, 6.45) is 4.11. The molecule has 4 rings (SSSR count). The maximum absolute atomic E-state index is 12.3. The number of rotatable bonds is 5. The monoisotopic (exact) mass is 366 g/mol. The number of hydrogen-bond donors (Lipinski definition) is 1. The van der Waals surface area contributed by atoms with Crippen molar-refractivity contribution in [3.8, 4) is 0 Å². The molecule has 2 fully saturated rings. The van der Waals surface area contributed by atoms with E-state index in [1.165, 1.54) is 0 Å². The van der Waals surface area contributed by atoms with Crippen LogP contribution in [-0.2, 0) is 16.4 Å². The highest BCUT2D eigenvalue weighted by Crippen LogP contribution is 2.33. The van der Waals surface area contributed by atoms with Crippen molar-refractivity contribution in [3.05, 3.63) is 17.3 Å². The number of piperidine rings is 1. The minimum Gasteiger partial charge on any atom is -0.367 e. The van der Waals surface area contributed by atoms with E-state index >= 15 is 0 Å². The minimum atomic E-state index is -3.04. The van der Waals surface area contributed by atoms with Gasteiger partial charge in [-0.3, -0.25) is 0 Å². The Bertz CT molecular complexity index is 837. The normalized spacial score (nSPS) is 20.5. The Hall–Kier alpha value is -1.25. The van der Waals surface area contributed by atoms with Gasteiger partial charge in [0.25, 0.3) is 0 Å². The number of hydrogen-bond acceptors (Lipinski definition) is 6. The molecule has 24 heavy (non-hydrogen) atoms. The highest BCUT2D eigenvalue weighted by atomic mass is 32.2. The first-order valence-electron chi connectivity index (χ1n) is 8.57. The second-order valence-corrected chi connectivity index (χ2v) is 9.65. The molecule has 0 unspecified atom stereocenters. The Morgan fingerprint density at radius 2 is 2.00 bits per heavy atom. The molecule has 0 amide bonds. The van der Waals surface area contributed by atoms with Crippen LogP contribution in [0.4, 0.5) is 5.82 Å². The average molecular weight is 367 g/mol. The molecular formula is C16H22N4O2S2. The Balaban J connectivity index is 1.46. The van der Waals surface area contributed by atoms with Gasteiger partial charge in [-0.2, -0.15) is 0 Å². The van der Waals surface area contributed by atoms with Gasteiger partial charge in [-0.05, 0) is 37.1 Å². The van der Waals surface area contributed by atoms with Gasteiger partial charge in [-0.15, -0.1) is 11.3 Å². The van der Waals surface area contributed by atoms with Gasteiger partial charge in [0.05, 0.1) is 10.6 Å². The minimum absolute atomic E-state index is 0.110. The van der Waals surface area contributed by atoms with Crippen LogP contribution in [0.5, 0.6) is 0 Å². The molecule has 2 aliphatic rings. The molecule has 1 N–H and O–H groups in total. The highest BCUT2D eigenvalue weighted by molar-refractivity contribution is 7.90. The topological polar surface area (TPSA) is 75.2 Å². The zero-order chi connectivity index (χ0) is 16.7. The largest absolute Gasteiger partial charge is 0.367 e. The first-order valence-corrected chi connectivity index (χ1v) is 11.0. The maximum Gasteiger partial charge on any atom is 0.216 e. The predicted octanol–water partition coefficient (Wildman–Crippen LogP) is 2.62. The number of aryl methyl sites for hydroxylation is 1. The van der Waals surface area contributed by atoms with Crippen LogP contribution in [0.25, 0.3) is 10.2 Å². The van der Waals surface area contributed by atoms with Crippen molar-refractivity contribution in [2.75, 3.05) is 18.4 Å². The molecule has 1 aliphatic carbocycles. The van der Waals surface area contributed by atoms with E-state index < -0.39 is 10.0 Å². The Labute approximate surface area is 146 Å². The summed E-state index contributed by atoms with van der Waals surface area (Å²) in [7, 11) is -3.04. The quantitative estimate of drug-likeness (QED) is 0.880. The Morgan fingerprint density at radius 3 is 2.67 bits per heavy atom. The highest BCUT2D eigenvalue weighted by Gasteiger charge is 2.41. The van der Waals surface area contributed by atoms with E-state index in [2.05, 4.69) is 28.3 Å². The molecule has 6 nitrogen and oxygen atoms in total. The molecule has 0 aromatic carbocycles. The molecule has 0 spiro atoms. The number of nitrogens with zero attached hydrogens (tertiary/aromatic N) is 3. The summed E-state index contributed by atoms with van der Waals surface area (Å²) in [5.41, 5.74) is 0. The molecular weight excluding hydrogens is 344 g/mol. The van der Waals surface area contributed by atoms with Crippen molar-refractivity contribution in [3.63, 3.8) is 0 Å². The van der Waals surface area contributed by atoms with E-state index in [0.29, 0.717) is 13.1 Å². The lowest BCUT2D eigenvalue weighted by Gasteiger charge is -2.32. The van der Waals surface area contributed by atoms with Gasteiger partial charge in [0.2, 0.25) is 10.0 Å². The lowest BCUT2D eigenvalue weighted by Crippen LogP contribution is -2.43. The molecule has 1 saturated carbocycles. The summed E-state index contributed by atoms with van der Waals surface area (Å²) in [6.45, 7) is 3.27. The lowest BCUT2D eigenvalue weighted by molar-refractivity contribution is 0.329. The smallest absolute Gasteiger partial charge is 0.216 e. The lowest BCUT2D eigenvalue weighted by atomic mass is 10.1. The van der Waals surface area contributed by atoms with E-state index in [0.717, 1.165) is 54.0 Å². The van der Waals surface area contributed by atoms with Crippen molar-refractivity contribution in [1.82, 2.24) is 14.3 Å². The third-order valence-electron chi connectivity index (χ3n) is 4.79. The second-order valence-electron chi connectivity index (χ2n) is 6.54. The van der Waals surface area contributed by atoms with Crippen molar-refractivity contribution in [2.24, 2.45) is 0 Å². The number of aromatic nitrogens is 2. The number of fused-ring (bicyclic) bond motifs is 1. The van der Waals surface area contributed by atoms with Gasteiger partial charge in [0.15, 0.2) is 0 Å². The predicted molar refractivity (Wildman–Crippen MR) is 97.0 cm³/mol. The molecule has 130 valence electrons. The zero-order valence-corrected chi connectivity index (χ0v) is 15.4. The molecule has 3 heterocycles. The fourth-order valence-electron chi connectivity index (χ4n) is 3.19. The molecule has 2 aromatic heterocycles. The van der Waals surface area contributed by atoms with Crippen molar-refractivity contribution in [2.45, 2.75) is 50.3 Å². The van der Waals surface area contributed by atoms with Gasteiger partial charge in [0.1, 0.15) is 16.5 Å². The van der Waals surface area contributed by atoms with Crippen LogP contribution in [0.1, 0.15) is 38.4 Å². The summed E-state index contributed by atoms with van der Waals surface area (Å²) in [6, 6.07) is 2.31. The van der Waals surface area contributed by atoms with Crippen LogP contribution in [0, 0.1) is 0 Å². The third-order valence-corrected chi connectivity index (χ3v) is 7.99. The van der Waals surface area contributed by atoms with Crippen molar-refractivity contribution >= 4 is 37.4 Å². The van der Waals surface area contributed by atoms with Crippen LogP contribution in [0.3, 0.4) is 0 Å². The third kappa shape index (κ3) is 3.02. The molecule has 1 aliphatic heterocycles. The Kier molecular flexibility index (Phi) is 4.22. The molecule has 0 atom stereocenters. The van der Waals surface area contributed by atoms with E-state index in [4.69, 9.17) is 0 Å². The standard InChI is InChI=1S/C16H22N4O2S2/c1-2-14-18-15(13-7-10-23-16(13)19-14)17-11-5-8-20(9-6-11)24(21,22)12-3-4-12/h7,10-12H,2-6,8-9H2,1H3,(H,17,18,19). The summed E-state index contributed by atoms with van der Waals surface area (Å²) < 4.78 is 26.3. The fourth-order valence-corrected chi connectivity index (χ4v) is 5.85.